The summed E-state index contributed by atoms with van der Waals surface area (Å²) in [5, 5.41) is 4.44. The molecular weight excluding hydrogens is 336 g/mol. The first-order valence-electron chi connectivity index (χ1n) is 8.74. The zero-order valence-corrected chi connectivity index (χ0v) is 15.3. The van der Waals surface area contributed by atoms with Gasteiger partial charge >= 0.3 is 0 Å². The van der Waals surface area contributed by atoms with Crippen molar-refractivity contribution >= 4 is 18.3 Å². The van der Waals surface area contributed by atoms with Crippen molar-refractivity contribution in [2.24, 2.45) is 17.6 Å². The third kappa shape index (κ3) is 3.31. The Bertz CT molecular complexity index is 745. The summed E-state index contributed by atoms with van der Waals surface area (Å²) in [5.41, 5.74) is 9.03. The highest BCUT2D eigenvalue weighted by molar-refractivity contribution is 5.95. The topological polar surface area (TPSA) is 64.2 Å². The molecule has 5 nitrogen and oxygen atoms in total. The van der Waals surface area contributed by atoms with E-state index in [1.54, 1.807) is 6.20 Å². The number of carbonyl (C=O) groups excluding carboxylic acids is 1. The van der Waals surface area contributed by atoms with E-state index >= 15 is 0 Å². The highest BCUT2D eigenvalue weighted by Crippen LogP contribution is 2.37. The van der Waals surface area contributed by atoms with Gasteiger partial charge in [0.05, 0.1) is 18.3 Å². The van der Waals surface area contributed by atoms with Crippen molar-refractivity contribution in [3.8, 4) is 0 Å². The first-order valence-corrected chi connectivity index (χ1v) is 8.74. The van der Waals surface area contributed by atoms with E-state index in [1.165, 1.54) is 5.56 Å². The molecule has 2 aromatic rings. The number of aromatic nitrogens is 2. The van der Waals surface area contributed by atoms with E-state index in [4.69, 9.17) is 5.73 Å². The van der Waals surface area contributed by atoms with Gasteiger partial charge in [-0.3, -0.25) is 9.48 Å². The molecule has 3 unspecified atom stereocenters. The number of rotatable bonds is 3. The number of fused-ring (bicyclic) bond motifs is 1. The van der Waals surface area contributed by atoms with Crippen LogP contribution >= 0.6 is 12.4 Å². The minimum atomic E-state index is 0. The van der Waals surface area contributed by atoms with Gasteiger partial charge in [-0.25, -0.2) is 0 Å². The molecule has 2 fully saturated rings. The Morgan fingerprint density at radius 3 is 2.72 bits per heavy atom. The summed E-state index contributed by atoms with van der Waals surface area (Å²) >= 11 is 0. The molecule has 1 aromatic carbocycles. The maximum atomic E-state index is 12.9. The van der Waals surface area contributed by atoms with Gasteiger partial charge in [0, 0.05) is 24.8 Å². The Kier molecular flexibility index (Phi) is 5.16. The van der Waals surface area contributed by atoms with Gasteiger partial charge < -0.3 is 10.6 Å². The number of likely N-dealkylation sites (tertiary alicyclic amines) is 1. The number of nitrogens with two attached hydrogens (primary N) is 1. The van der Waals surface area contributed by atoms with Crippen molar-refractivity contribution in [2.75, 3.05) is 13.1 Å². The third-order valence-electron chi connectivity index (χ3n) is 5.71. The van der Waals surface area contributed by atoms with Gasteiger partial charge in [-0.1, -0.05) is 30.3 Å². The molecule has 1 aliphatic carbocycles. The second-order valence-corrected chi connectivity index (χ2v) is 7.16. The molecule has 2 aliphatic rings. The largest absolute Gasteiger partial charge is 0.338 e. The Balaban J connectivity index is 0.00000182. The average Bonchev–Trinajstić information content (AvgIpc) is 3.26. The van der Waals surface area contributed by atoms with Crippen LogP contribution in [-0.4, -0.2) is 39.7 Å². The van der Waals surface area contributed by atoms with Crippen LogP contribution in [0.1, 0.15) is 34.5 Å². The first-order chi connectivity index (χ1) is 11.6. The average molecular weight is 361 g/mol. The summed E-state index contributed by atoms with van der Waals surface area (Å²) in [6, 6.07) is 10.5. The zero-order chi connectivity index (χ0) is 16.7. The lowest BCUT2D eigenvalue weighted by atomic mass is 9.98. The number of hydrogen-bond acceptors (Lipinski definition) is 3. The number of carbonyl (C=O) groups is 1. The highest BCUT2D eigenvalue weighted by atomic mass is 35.5. The monoisotopic (exact) mass is 360 g/mol. The van der Waals surface area contributed by atoms with Crippen LogP contribution in [0.5, 0.6) is 0 Å². The van der Waals surface area contributed by atoms with E-state index < -0.39 is 0 Å². The molecule has 1 amide bonds. The molecule has 1 aliphatic heterocycles. The van der Waals surface area contributed by atoms with E-state index in [9.17, 15) is 4.79 Å². The molecule has 0 radical (unpaired) electrons. The van der Waals surface area contributed by atoms with Crippen LogP contribution in [0.15, 0.2) is 36.5 Å². The molecule has 6 heteroatoms. The van der Waals surface area contributed by atoms with E-state index in [0.717, 1.165) is 37.2 Å². The standard InChI is InChI=1S/C19H24N4O.ClH/c1-13-16(9-21-23(13)10-14-5-3-2-4-6-14)19(24)22-11-15-7-8-18(20)17(15)12-22;/h2-6,9,15,17-18H,7-8,10-12,20H2,1H3;1H. The fourth-order valence-electron chi connectivity index (χ4n) is 4.22. The van der Waals surface area contributed by atoms with Gasteiger partial charge in [-0.2, -0.15) is 5.10 Å². The predicted molar refractivity (Wildman–Crippen MR) is 99.8 cm³/mol. The predicted octanol–water partition coefficient (Wildman–Crippen LogP) is 2.47. The van der Waals surface area contributed by atoms with E-state index in [-0.39, 0.29) is 24.4 Å². The molecule has 0 spiro atoms. The molecule has 134 valence electrons. The van der Waals surface area contributed by atoms with E-state index in [1.807, 2.05) is 34.7 Å². The Hall–Kier alpha value is -1.85. The van der Waals surface area contributed by atoms with Crippen LogP contribution in [0.2, 0.25) is 0 Å². The van der Waals surface area contributed by atoms with Crippen LogP contribution < -0.4 is 5.73 Å². The van der Waals surface area contributed by atoms with Crippen LogP contribution in [0, 0.1) is 18.8 Å². The fraction of sp³-hybridized carbons (Fsp3) is 0.474. The Morgan fingerprint density at radius 1 is 1.24 bits per heavy atom. The SMILES string of the molecule is Cc1c(C(=O)N2CC3CCC(N)C3C2)cnn1Cc1ccccc1.Cl. The molecule has 2 N–H and O–H groups in total. The molecule has 2 heterocycles. The van der Waals surface area contributed by atoms with E-state index in [2.05, 4.69) is 17.2 Å². The summed E-state index contributed by atoms with van der Waals surface area (Å²) in [6.45, 7) is 4.32. The van der Waals surface area contributed by atoms with Crippen LogP contribution in [0.4, 0.5) is 0 Å². The lowest BCUT2D eigenvalue weighted by Gasteiger charge is -2.18. The molecule has 0 bridgehead atoms. The molecule has 1 saturated heterocycles. The molecule has 25 heavy (non-hydrogen) atoms. The van der Waals surface area contributed by atoms with Crippen LogP contribution in [-0.2, 0) is 6.54 Å². The number of halogens is 1. The molecule has 3 atom stereocenters. The normalized spacial score (nSPS) is 24.9. The van der Waals surface area contributed by atoms with Gasteiger partial charge in [-0.15, -0.1) is 12.4 Å². The molecule has 4 rings (SSSR count). The third-order valence-corrected chi connectivity index (χ3v) is 5.71. The number of nitrogens with zero attached hydrogens (tertiary/aromatic N) is 3. The summed E-state index contributed by atoms with van der Waals surface area (Å²) < 4.78 is 1.91. The van der Waals surface area contributed by atoms with Crippen molar-refractivity contribution in [3.63, 3.8) is 0 Å². The molecular formula is C19H25ClN4O. The lowest BCUT2D eigenvalue weighted by Crippen LogP contribution is -2.33. The smallest absolute Gasteiger partial charge is 0.257 e. The lowest BCUT2D eigenvalue weighted by molar-refractivity contribution is 0.0778. The van der Waals surface area contributed by atoms with Crippen molar-refractivity contribution in [3.05, 3.63) is 53.3 Å². The second-order valence-electron chi connectivity index (χ2n) is 7.16. The maximum absolute atomic E-state index is 12.9. The Morgan fingerprint density at radius 2 is 2.00 bits per heavy atom. The minimum absolute atomic E-state index is 0. The quantitative estimate of drug-likeness (QED) is 0.914. The minimum Gasteiger partial charge on any atom is -0.338 e. The van der Waals surface area contributed by atoms with Gasteiger partial charge in [0.15, 0.2) is 0 Å². The van der Waals surface area contributed by atoms with E-state index in [0.29, 0.717) is 18.4 Å². The summed E-state index contributed by atoms with van der Waals surface area (Å²) in [7, 11) is 0. The summed E-state index contributed by atoms with van der Waals surface area (Å²) in [4.78, 5) is 14.9. The fourth-order valence-corrected chi connectivity index (χ4v) is 4.22. The second kappa shape index (κ2) is 7.18. The first kappa shape index (κ1) is 18.0. The molecule has 1 aromatic heterocycles. The Labute approximate surface area is 154 Å². The zero-order valence-electron chi connectivity index (χ0n) is 14.5. The number of amides is 1. The van der Waals surface area contributed by atoms with Gasteiger partial charge in [0.2, 0.25) is 0 Å². The van der Waals surface area contributed by atoms with Crippen LogP contribution in [0.3, 0.4) is 0 Å². The van der Waals surface area contributed by atoms with Gasteiger partial charge in [0.1, 0.15) is 0 Å². The molecule has 1 saturated carbocycles. The van der Waals surface area contributed by atoms with Crippen molar-refractivity contribution in [2.45, 2.75) is 32.4 Å². The highest BCUT2D eigenvalue weighted by Gasteiger charge is 2.42. The van der Waals surface area contributed by atoms with Crippen molar-refractivity contribution in [1.82, 2.24) is 14.7 Å². The number of benzene rings is 1. The van der Waals surface area contributed by atoms with Crippen LogP contribution in [0.25, 0.3) is 0 Å². The van der Waals surface area contributed by atoms with Gasteiger partial charge in [-0.05, 0) is 37.2 Å². The maximum Gasteiger partial charge on any atom is 0.257 e. The van der Waals surface area contributed by atoms with Gasteiger partial charge in [0.25, 0.3) is 5.91 Å². The van der Waals surface area contributed by atoms with Crippen molar-refractivity contribution < 1.29 is 4.79 Å². The summed E-state index contributed by atoms with van der Waals surface area (Å²) in [5.74, 6) is 1.17. The number of hydrogen-bond donors (Lipinski definition) is 1. The van der Waals surface area contributed by atoms with Crippen molar-refractivity contribution in [1.29, 1.82) is 0 Å². The summed E-state index contributed by atoms with van der Waals surface area (Å²) in [6.07, 6.45) is 3.97.